The summed E-state index contributed by atoms with van der Waals surface area (Å²) in [5.74, 6) is 0.436. The van der Waals surface area contributed by atoms with E-state index < -0.39 is 0 Å². The summed E-state index contributed by atoms with van der Waals surface area (Å²) in [4.78, 5) is 19.9. The Morgan fingerprint density at radius 2 is 1.76 bits per heavy atom. The van der Waals surface area contributed by atoms with Gasteiger partial charge in [-0.05, 0) is 48.5 Å². The molecular weight excluding hydrogens is 414 g/mol. The smallest absolute Gasteiger partial charge is 0.272 e. The number of fused-ring (bicyclic) bond motifs is 2. The first-order valence-electron chi connectivity index (χ1n) is 10.4. The number of benzene rings is 2. The number of nitrogens with zero attached hydrogens (tertiary/aromatic N) is 5. The van der Waals surface area contributed by atoms with E-state index in [9.17, 15) is 4.79 Å². The summed E-state index contributed by atoms with van der Waals surface area (Å²) in [6, 6.07) is 24.7. The van der Waals surface area contributed by atoms with Crippen molar-refractivity contribution in [1.82, 2.24) is 29.8 Å². The van der Waals surface area contributed by atoms with Gasteiger partial charge in [-0.25, -0.2) is 0 Å². The number of rotatable bonds is 4. The first-order chi connectivity index (χ1) is 16.2. The van der Waals surface area contributed by atoms with Crippen LogP contribution in [0.4, 0.5) is 5.69 Å². The number of aromatic nitrogens is 6. The van der Waals surface area contributed by atoms with Gasteiger partial charge in [0, 0.05) is 40.1 Å². The summed E-state index contributed by atoms with van der Waals surface area (Å²) in [6.07, 6.45) is 3.44. The number of pyridine rings is 1. The quantitative estimate of drug-likeness (QED) is 0.425. The number of aromatic amines is 1. The molecular formula is C25H17N7O. The van der Waals surface area contributed by atoms with E-state index in [1.54, 1.807) is 16.9 Å². The molecule has 0 aliphatic heterocycles. The molecule has 0 fully saturated rings. The van der Waals surface area contributed by atoms with Gasteiger partial charge in [-0.3, -0.25) is 9.78 Å². The zero-order valence-corrected chi connectivity index (χ0v) is 17.3. The number of carbonyl (C=O) groups excluding carboxylic acids is 1. The highest BCUT2D eigenvalue weighted by Gasteiger charge is 2.12. The van der Waals surface area contributed by atoms with Crippen LogP contribution in [0.5, 0.6) is 0 Å². The largest absolute Gasteiger partial charge is 0.351 e. The van der Waals surface area contributed by atoms with Gasteiger partial charge in [-0.15, -0.1) is 10.2 Å². The van der Waals surface area contributed by atoms with Crippen LogP contribution in [0.1, 0.15) is 10.5 Å². The summed E-state index contributed by atoms with van der Waals surface area (Å²) in [6.45, 7) is 0. The minimum atomic E-state index is -0.191. The van der Waals surface area contributed by atoms with Crippen LogP contribution in [-0.2, 0) is 0 Å². The van der Waals surface area contributed by atoms with Crippen LogP contribution in [0, 0.1) is 0 Å². The maximum atomic E-state index is 12.7. The fraction of sp³-hybridized carbons (Fsp3) is 0. The molecule has 0 spiro atoms. The van der Waals surface area contributed by atoms with Gasteiger partial charge in [0.15, 0.2) is 11.5 Å². The molecule has 6 rings (SSSR count). The van der Waals surface area contributed by atoms with Crippen molar-refractivity contribution in [3.8, 4) is 22.6 Å². The van der Waals surface area contributed by atoms with Crippen molar-refractivity contribution in [2.24, 2.45) is 0 Å². The Kier molecular flexibility index (Phi) is 4.40. The standard InChI is InChI=1S/C25H17N7O/c33-25(22-14-17-4-1-2-6-20(17)28-22)27-19-9-7-16(8-10-19)21-11-12-23-29-30-24(32(23)31-21)18-5-3-13-26-15-18/h1-15,28H,(H,27,33). The molecule has 33 heavy (non-hydrogen) atoms. The summed E-state index contributed by atoms with van der Waals surface area (Å²) in [5.41, 5.74) is 5.31. The second-order valence-corrected chi connectivity index (χ2v) is 7.56. The number of hydrogen-bond donors (Lipinski definition) is 2. The molecule has 0 bridgehead atoms. The van der Waals surface area contributed by atoms with E-state index in [1.807, 2.05) is 78.9 Å². The highest BCUT2D eigenvalue weighted by molar-refractivity contribution is 6.06. The molecule has 6 aromatic rings. The van der Waals surface area contributed by atoms with Crippen molar-refractivity contribution in [3.63, 3.8) is 0 Å². The topological polar surface area (TPSA) is 101 Å². The fourth-order valence-electron chi connectivity index (χ4n) is 3.74. The van der Waals surface area contributed by atoms with Gasteiger partial charge in [0.05, 0.1) is 5.69 Å². The maximum absolute atomic E-state index is 12.7. The first-order valence-corrected chi connectivity index (χ1v) is 10.4. The van der Waals surface area contributed by atoms with Crippen molar-refractivity contribution < 1.29 is 4.79 Å². The van der Waals surface area contributed by atoms with Gasteiger partial charge in [0.1, 0.15) is 5.69 Å². The molecule has 0 radical (unpaired) electrons. The van der Waals surface area contributed by atoms with Crippen LogP contribution in [0.15, 0.2) is 91.3 Å². The lowest BCUT2D eigenvalue weighted by atomic mass is 10.1. The molecule has 0 saturated heterocycles. The molecule has 0 aliphatic rings. The van der Waals surface area contributed by atoms with Crippen molar-refractivity contribution in [3.05, 3.63) is 97.0 Å². The molecule has 2 aromatic carbocycles. The lowest BCUT2D eigenvalue weighted by Gasteiger charge is -2.06. The van der Waals surface area contributed by atoms with E-state index in [0.29, 0.717) is 22.9 Å². The Bertz CT molecular complexity index is 1570. The van der Waals surface area contributed by atoms with E-state index in [4.69, 9.17) is 5.10 Å². The third kappa shape index (κ3) is 3.49. The predicted octanol–water partition coefficient (Wildman–Crippen LogP) is 4.59. The number of nitrogens with one attached hydrogen (secondary N) is 2. The van der Waals surface area contributed by atoms with Crippen molar-refractivity contribution in [1.29, 1.82) is 0 Å². The number of carbonyl (C=O) groups is 1. The van der Waals surface area contributed by atoms with Crippen molar-refractivity contribution in [2.45, 2.75) is 0 Å². The lowest BCUT2D eigenvalue weighted by molar-refractivity contribution is 0.102. The van der Waals surface area contributed by atoms with Gasteiger partial charge in [-0.1, -0.05) is 30.3 Å². The van der Waals surface area contributed by atoms with Crippen LogP contribution in [0.2, 0.25) is 0 Å². The molecule has 158 valence electrons. The number of para-hydroxylation sites is 1. The monoisotopic (exact) mass is 431 g/mol. The predicted molar refractivity (Wildman–Crippen MR) is 126 cm³/mol. The molecule has 4 aromatic heterocycles. The third-order valence-electron chi connectivity index (χ3n) is 5.40. The Morgan fingerprint density at radius 1 is 0.879 bits per heavy atom. The first kappa shape index (κ1) is 18.9. The van der Waals surface area contributed by atoms with Crippen molar-refractivity contribution >= 4 is 28.1 Å². The molecule has 0 saturated carbocycles. The maximum Gasteiger partial charge on any atom is 0.272 e. The van der Waals surface area contributed by atoms with Crippen LogP contribution in [0.3, 0.4) is 0 Å². The SMILES string of the molecule is O=C(Nc1ccc(-c2ccc3nnc(-c4cccnc4)n3n2)cc1)c1cc2ccccc2[nH]1. The summed E-state index contributed by atoms with van der Waals surface area (Å²) in [7, 11) is 0. The van der Waals surface area contributed by atoms with Gasteiger partial charge in [-0.2, -0.15) is 9.61 Å². The van der Waals surface area contributed by atoms with Crippen LogP contribution >= 0.6 is 0 Å². The van der Waals surface area contributed by atoms with Gasteiger partial charge in [0.25, 0.3) is 5.91 Å². The second-order valence-electron chi connectivity index (χ2n) is 7.56. The van der Waals surface area contributed by atoms with E-state index in [2.05, 4.69) is 25.5 Å². The Morgan fingerprint density at radius 3 is 2.58 bits per heavy atom. The highest BCUT2D eigenvalue weighted by atomic mass is 16.1. The van der Waals surface area contributed by atoms with Crippen LogP contribution in [0.25, 0.3) is 39.2 Å². The van der Waals surface area contributed by atoms with E-state index in [1.165, 1.54) is 0 Å². The summed E-state index contributed by atoms with van der Waals surface area (Å²) < 4.78 is 1.71. The summed E-state index contributed by atoms with van der Waals surface area (Å²) >= 11 is 0. The number of anilines is 1. The van der Waals surface area contributed by atoms with Gasteiger partial charge >= 0.3 is 0 Å². The molecule has 1 amide bonds. The van der Waals surface area contributed by atoms with E-state index in [0.717, 1.165) is 27.7 Å². The van der Waals surface area contributed by atoms with Crippen LogP contribution < -0.4 is 5.32 Å². The molecule has 0 aliphatic carbocycles. The minimum absolute atomic E-state index is 0.191. The Labute approximate surface area is 188 Å². The lowest BCUT2D eigenvalue weighted by Crippen LogP contribution is -2.12. The number of hydrogen-bond acceptors (Lipinski definition) is 5. The van der Waals surface area contributed by atoms with Gasteiger partial charge < -0.3 is 10.3 Å². The van der Waals surface area contributed by atoms with Crippen molar-refractivity contribution in [2.75, 3.05) is 5.32 Å². The third-order valence-corrected chi connectivity index (χ3v) is 5.40. The van der Waals surface area contributed by atoms with E-state index >= 15 is 0 Å². The average Bonchev–Trinajstić information content (AvgIpc) is 3.49. The Balaban J connectivity index is 1.26. The Hall–Kier alpha value is -4.85. The average molecular weight is 431 g/mol. The number of amides is 1. The zero-order valence-electron chi connectivity index (χ0n) is 17.3. The molecule has 0 atom stereocenters. The molecule has 4 heterocycles. The molecule has 2 N–H and O–H groups in total. The number of H-pyrrole nitrogens is 1. The van der Waals surface area contributed by atoms with E-state index in [-0.39, 0.29) is 5.91 Å². The van der Waals surface area contributed by atoms with Gasteiger partial charge in [0.2, 0.25) is 0 Å². The molecule has 8 nitrogen and oxygen atoms in total. The molecule has 8 heteroatoms. The zero-order chi connectivity index (χ0) is 22.2. The fourth-order valence-corrected chi connectivity index (χ4v) is 3.74. The normalized spacial score (nSPS) is 11.2. The highest BCUT2D eigenvalue weighted by Crippen LogP contribution is 2.23. The van der Waals surface area contributed by atoms with Crippen LogP contribution in [-0.4, -0.2) is 35.7 Å². The minimum Gasteiger partial charge on any atom is -0.351 e. The summed E-state index contributed by atoms with van der Waals surface area (Å²) in [5, 5.41) is 17.1. The second kappa shape index (κ2) is 7.69. The molecule has 0 unspecified atom stereocenters.